The van der Waals surface area contributed by atoms with Crippen molar-refractivity contribution in [2.24, 2.45) is 11.7 Å². The predicted octanol–water partition coefficient (Wildman–Crippen LogP) is 0.800. The van der Waals surface area contributed by atoms with E-state index in [-0.39, 0.29) is 11.5 Å². The molecule has 0 amide bonds. The summed E-state index contributed by atoms with van der Waals surface area (Å²) in [6.07, 6.45) is 0. The van der Waals surface area contributed by atoms with E-state index in [0.29, 0.717) is 11.2 Å². The van der Waals surface area contributed by atoms with Gasteiger partial charge in [0.05, 0.1) is 11.6 Å². The number of nitrogen functional groups attached to an aromatic ring is 1. The molecule has 0 radical (unpaired) electrons. The van der Waals surface area contributed by atoms with Gasteiger partial charge in [-0.1, -0.05) is 13.8 Å². The second-order valence-corrected chi connectivity index (χ2v) is 4.54. The van der Waals surface area contributed by atoms with Gasteiger partial charge in [0.25, 0.3) is 5.91 Å². The number of fused-ring (bicyclic) bond motifs is 1. The first kappa shape index (κ1) is 12.4. The van der Waals surface area contributed by atoms with Gasteiger partial charge in [-0.25, -0.2) is 9.36 Å². The summed E-state index contributed by atoms with van der Waals surface area (Å²) < 4.78 is 5.94. The van der Waals surface area contributed by atoms with Gasteiger partial charge >= 0.3 is 5.76 Å². The molecule has 1 heterocycles. The lowest BCUT2D eigenvalue weighted by Crippen LogP contribution is -2.42. The summed E-state index contributed by atoms with van der Waals surface area (Å²) in [5.74, 6) is -1.28. The molecule has 0 saturated heterocycles. The number of hydrogen-bond acceptors (Lipinski definition) is 5. The molecule has 1 aromatic heterocycles. The molecule has 0 fully saturated rings. The second kappa shape index (κ2) is 4.30. The number of nitrogens with zero attached hydrogens (tertiary/aromatic N) is 1. The summed E-state index contributed by atoms with van der Waals surface area (Å²) in [4.78, 5) is 23.8. The number of anilines is 1. The molecule has 0 bridgehead atoms. The highest BCUT2D eigenvalue weighted by Crippen LogP contribution is 2.17. The van der Waals surface area contributed by atoms with Crippen LogP contribution in [0.25, 0.3) is 11.1 Å². The molecule has 6 heteroatoms. The molecule has 0 aliphatic rings. The van der Waals surface area contributed by atoms with Crippen LogP contribution in [0.15, 0.2) is 27.4 Å². The van der Waals surface area contributed by atoms with Crippen molar-refractivity contribution >= 4 is 22.7 Å². The lowest BCUT2D eigenvalue weighted by molar-refractivity contribution is 0.0853. The zero-order valence-electron chi connectivity index (χ0n) is 10.2. The Morgan fingerprint density at radius 2 is 2.06 bits per heavy atom. The SMILES string of the molecule is CC(C)[C@H](N)C(=O)n1c(=O)oc2cc(N)ccc21. The van der Waals surface area contributed by atoms with Crippen LogP contribution in [0.3, 0.4) is 0 Å². The zero-order valence-corrected chi connectivity index (χ0v) is 10.2. The van der Waals surface area contributed by atoms with Gasteiger partial charge in [0, 0.05) is 11.8 Å². The first-order valence-electron chi connectivity index (χ1n) is 5.62. The average Bonchev–Trinajstić information content (AvgIpc) is 2.62. The lowest BCUT2D eigenvalue weighted by Gasteiger charge is -2.13. The minimum Gasteiger partial charge on any atom is -0.407 e. The quantitative estimate of drug-likeness (QED) is 0.766. The molecule has 2 rings (SSSR count). The maximum absolute atomic E-state index is 12.1. The van der Waals surface area contributed by atoms with Crippen molar-refractivity contribution in [1.82, 2.24) is 4.57 Å². The monoisotopic (exact) mass is 249 g/mol. The van der Waals surface area contributed by atoms with Gasteiger partial charge in [-0.3, -0.25) is 4.79 Å². The number of carbonyl (C=O) groups is 1. The van der Waals surface area contributed by atoms with Gasteiger partial charge in [-0.2, -0.15) is 0 Å². The number of benzene rings is 1. The minimum atomic E-state index is -0.749. The van der Waals surface area contributed by atoms with E-state index in [2.05, 4.69) is 0 Å². The number of rotatable bonds is 2. The van der Waals surface area contributed by atoms with Crippen LogP contribution < -0.4 is 17.2 Å². The molecule has 4 N–H and O–H groups in total. The van der Waals surface area contributed by atoms with E-state index in [1.54, 1.807) is 12.1 Å². The molecule has 2 aromatic rings. The number of aromatic nitrogens is 1. The Bertz CT molecular complexity index is 654. The topological polar surface area (TPSA) is 104 Å². The summed E-state index contributed by atoms with van der Waals surface area (Å²) in [6, 6.07) is 3.92. The molecule has 0 unspecified atom stereocenters. The maximum Gasteiger partial charge on any atom is 0.426 e. The van der Waals surface area contributed by atoms with Gasteiger partial charge in [0.2, 0.25) is 0 Å². The van der Waals surface area contributed by atoms with E-state index in [9.17, 15) is 9.59 Å². The third-order valence-electron chi connectivity index (χ3n) is 2.83. The molecule has 96 valence electrons. The Labute approximate surface area is 103 Å². The fourth-order valence-corrected chi connectivity index (χ4v) is 1.68. The Hall–Kier alpha value is -2.08. The van der Waals surface area contributed by atoms with E-state index >= 15 is 0 Å². The first-order chi connectivity index (χ1) is 8.41. The van der Waals surface area contributed by atoms with Crippen LogP contribution in [-0.4, -0.2) is 16.5 Å². The third kappa shape index (κ3) is 1.91. The Morgan fingerprint density at radius 1 is 1.39 bits per heavy atom. The molecular formula is C12H15N3O3. The smallest absolute Gasteiger partial charge is 0.407 e. The fraction of sp³-hybridized carbons (Fsp3) is 0.333. The Morgan fingerprint density at radius 3 is 2.67 bits per heavy atom. The highest BCUT2D eigenvalue weighted by molar-refractivity contribution is 5.93. The molecule has 0 aliphatic carbocycles. The highest BCUT2D eigenvalue weighted by Gasteiger charge is 2.24. The van der Waals surface area contributed by atoms with Crippen LogP contribution in [0.5, 0.6) is 0 Å². The standard InChI is InChI=1S/C12H15N3O3/c1-6(2)10(14)11(16)15-8-4-3-7(13)5-9(8)18-12(15)17/h3-6,10H,13-14H2,1-2H3/t10-/m0/s1. The number of carbonyl (C=O) groups excluding carboxylic acids is 1. The summed E-state index contributed by atoms with van der Waals surface area (Å²) >= 11 is 0. The number of oxazole rings is 1. The van der Waals surface area contributed by atoms with Crippen molar-refractivity contribution in [2.45, 2.75) is 19.9 Å². The molecule has 0 spiro atoms. The Kier molecular flexibility index (Phi) is 2.96. The summed E-state index contributed by atoms with van der Waals surface area (Å²) in [5.41, 5.74) is 12.5. The molecule has 1 atom stereocenters. The van der Waals surface area contributed by atoms with Crippen molar-refractivity contribution in [3.63, 3.8) is 0 Å². The van der Waals surface area contributed by atoms with Crippen LogP contribution in [0.2, 0.25) is 0 Å². The van der Waals surface area contributed by atoms with E-state index in [1.165, 1.54) is 6.07 Å². The highest BCUT2D eigenvalue weighted by atomic mass is 16.4. The predicted molar refractivity (Wildman–Crippen MR) is 68.3 cm³/mol. The summed E-state index contributed by atoms with van der Waals surface area (Å²) in [5, 5.41) is 0. The van der Waals surface area contributed by atoms with Crippen molar-refractivity contribution in [2.75, 3.05) is 5.73 Å². The number of hydrogen-bond donors (Lipinski definition) is 2. The summed E-state index contributed by atoms with van der Waals surface area (Å²) in [7, 11) is 0. The van der Waals surface area contributed by atoms with Crippen LogP contribution in [0, 0.1) is 5.92 Å². The molecule has 0 aliphatic heterocycles. The summed E-state index contributed by atoms with van der Waals surface area (Å²) in [6.45, 7) is 3.63. The van der Waals surface area contributed by atoms with Crippen molar-refractivity contribution in [3.8, 4) is 0 Å². The minimum absolute atomic E-state index is 0.0665. The van der Waals surface area contributed by atoms with Gasteiger partial charge in [0.1, 0.15) is 0 Å². The van der Waals surface area contributed by atoms with Crippen LogP contribution in [0.1, 0.15) is 18.6 Å². The second-order valence-electron chi connectivity index (χ2n) is 4.54. The largest absolute Gasteiger partial charge is 0.426 e. The van der Waals surface area contributed by atoms with Crippen LogP contribution in [0.4, 0.5) is 5.69 Å². The van der Waals surface area contributed by atoms with E-state index < -0.39 is 17.7 Å². The first-order valence-corrected chi connectivity index (χ1v) is 5.62. The lowest BCUT2D eigenvalue weighted by atomic mass is 10.0. The molecule has 1 aromatic carbocycles. The van der Waals surface area contributed by atoms with Gasteiger partial charge < -0.3 is 15.9 Å². The number of nitrogens with two attached hydrogens (primary N) is 2. The van der Waals surface area contributed by atoms with Gasteiger partial charge in [-0.15, -0.1) is 0 Å². The van der Waals surface area contributed by atoms with Crippen molar-refractivity contribution < 1.29 is 9.21 Å². The maximum atomic E-state index is 12.1. The Balaban J connectivity index is 2.61. The third-order valence-corrected chi connectivity index (χ3v) is 2.83. The molecule has 0 saturated carbocycles. The molecular weight excluding hydrogens is 234 g/mol. The van der Waals surface area contributed by atoms with Gasteiger partial charge in [0.15, 0.2) is 5.58 Å². The molecule has 18 heavy (non-hydrogen) atoms. The van der Waals surface area contributed by atoms with Crippen LogP contribution >= 0.6 is 0 Å². The van der Waals surface area contributed by atoms with Crippen molar-refractivity contribution in [3.05, 3.63) is 28.7 Å². The zero-order chi connectivity index (χ0) is 13.4. The van der Waals surface area contributed by atoms with Crippen molar-refractivity contribution in [1.29, 1.82) is 0 Å². The average molecular weight is 249 g/mol. The molecule has 6 nitrogen and oxygen atoms in total. The normalized spacial score (nSPS) is 13.1. The van der Waals surface area contributed by atoms with Gasteiger partial charge in [-0.05, 0) is 18.1 Å². The van der Waals surface area contributed by atoms with E-state index in [0.717, 1.165) is 4.57 Å². The van der Waals surface area contributed by atoms with E-state index in [4.69, 9.17) is 15.9 Å². The fourth-order valence-electron chi connectivity index (χ4n) is 1.68. The van der Waals surface area contributed by atoms with Crippen LogP contribution in [-0.2, 0) is 0 Å². The van der Waals surface area contributed by atoms with E-state index in [1.807, 2.05) is 13.8 Å².